The third-order valence-electron chi connectivity index (χ3n) is 3.13. The smallest absolute Gasteiger partial charge is 0.0444 e. The van der Waals surface area contributed by atoms with Gasteiger partial charge >= 0.3 is 0 Å². The molecule has 0 aromatic heterocycles. The fourth-order valence-corrected chi connectivity index (χ4v) is 2.58. The summed E-state index contributed by atoms with van der Waals surface area (Å²) in [6, 6.07) is 10.1. The summed E-state index contributed by atoms with van der Waals surface area (Å²) in [6.07, 6.45) is 2.70. The second-order valence-electron chi connectivity index (χ2n) is 4.53. The topological polar surface area (TPSA) is 24.1 Å². The van der Waals surface area contributed by atoms with Crippen LogP contribution in [0.25, 0.3) is 0 Å². The van der Waals surface area contributed by atoms with Gasteiger partial charge in [0.05, 0.1) is 0 Å². The van der Waals surface area contributed by atoms with Crippen LogP contribution in [0, 0.1) is 0 Å². The first kappa shape index (κ1) is 12.9. The lowest BCUT2D eigenvalue weighted by Crippen LogP contribution is -2.30. The summed E-state index contributed by atoms with van der Waals surface area (Å²) in [5.74, 6) is 1.14. The molecule has 1 unspecified atom stereocenters. The molecule has 0 bridgehead atoms. The molecule has 1 fully saturated rings. The van der Waals surface area contributed by atoms with Crippen LogP contribution >= 0.6 is 11.8 Å². The number of hydrogen-bond acceptors (Lipinski definition) is 3. The van der Waals surface area contributed by atoms with Gasteiger partial charge in [-0.05, 0) is 43.3 Å². The molecule has 1 aromatic rings. The lowest BCUT2D eigenvalue weighted by molar-refractivity contribution is 0.526. The predicted octanol–water partition coefficient (Wildman–Crippen LogP) is 2.81. The van der Waals surface area contributed by atoms with Crippen LogP contribution in [-0.4, -0.2) is 25.4 Å². The van der Waals surface area contributed by atoms with Crippen LogP contribution in [0.4, 0.5) is 0 Å². The van der Waals surface area contributed by atoms with E-state index in [1.165, 1.54) is 23.3 Å². The minimum Gasteiger partial charge on any atom is -0.312 e. The monoisotopic (exact) mass is 250 g/mol. The Kier molecular flexibility index (Phi) is 4.89. The normalized spacial score (nSPS) is 17.1. The first-order chi connectivity index (χ1) is 8.33. The Hall–Kier alpha value is -0.510. The van der Waals surface area contributed by atoms with Gasteiger partial charge in [-0.1, -0.05) is 19.1 Å². The van der Waals surface area contributed by atoms with Crippen LogP contribution in [0.15, 0.2) is 29.2 Å². The highest BCUT2D eigenvalue weighted by atomic mass is 32.2. The van der Waals surface area contributed by atoms with Crippen LogP contribution in [0.2, 0.25) is 0 Å². The van der Waals surface area contributed by atoms with Gasteiger partial charge in [0.25, 0.3) is 0 Å². The fraction of sp³-hybridized carbons (Fsp3) is 0.571. The van der Waals surface area contributed by atoms with Gasteiger partial charge in [0.2, 0.25) is 0 Å². The van der Waals surface area contributed by atoms with Crippen molar-refractivity contribution in [3.63, 3.8) is 0 Å². The van der Waals surface area contributed by atoms with Gasteiger partial charge < -0.3 is 10.6 Å². The Labute approximate surface area is 109 Å². The number of thioether (sulfide) groups is 1. The summed E-state index contributed by atoms with van der Waals surface area (Å²) in [4.78, 5) is 1.36. The first-order valence-corrected chi connectivity index (χ1v) is 7.45. The summed E-state index contributed by atoms with van der Waals surface area (Å²) >= 11 is 1.90. The van der Waals surface area contributed by atoms with E-state index in [-0.39, 0.29) is 0 Å². The molecular weight excluding hydrogens is 228 g/mol. The summed E-state index contributed by atoms with van der Waals surface area (Å²) in [7, 11) is 2.04. The summed E-state index contributed by atoms with van der Waals surface area (Å²) in [6.45, 7) is 3.22. The van der Waals surface area contributed by atoms with Crippen molar-refractivity contribution in [1.29, 1.82) is 0 Å². The van der Waals surface area contributed by atoms with Crippen molar-refractivity contribution in [1.82, 2.24) is 10.6 Å². The Morgan fingerprint density at radius 3 is 2.53 bits per heavy atom. The zero-order chi connectivity index (χ0) is 12.1. The van der Waals surface area contributed by atoms with E-state index < -0.39 is 0 Å². The van der Waals surface area contributed by atoms with E-state index in [4.69, 9.17) is 0 Å². The van der Waals surface area contributed by atoms with Gasteiger partial charge in [0, 0.05) is 23.5 Å². The number of hydrogen-bond donors (Lipinski definition) is 2. The van der Waals surface area contributed by atoms with Crippen molar-refractivity contribution >= 4 is 11.8 Å². The molecule has 2 rings (SSSR count). The summed E-state index contributed by atoms with van der Waals surface area (Å²) < 4.78 is 0. The van der Waals surface area contributed by atoms with Crippen molar-refractivity contribution in [3.05, 3.63) is 29.8 Å². The molecule has 1 aliphatic rings. The largest absolute Gasteiger partial charge is 0.312 e. The Morgan fingerprint density at radius 2 is 2.00 bits per heavy atom. The SMILES string of the molecule is CCSc1ccc(C(CNC2CC2)NC)cc1. The summed E-state index contributed by atoms with van der Waals surface area (Å²) in [5, 5.41) is 6.96. The Balaban J connectivity index is 1.92. The van der Waals surface area contributed by atoms with Crippen LogP contribution in [0.3, 0.4) is 0 Å². The third kappa shape index (κ3) is 4.02. The van der Waals surface area contributed by atoms with Crippen molar-refractivity contribution in [2.45, 2.75) is 36.7 Å². The molecule has 1 aliphatic carbocycles. The average Bonchev–Trinajstić information content (AvgIpc) is 3.16. The summed E-state index contributed by atoms with van der Waals surface area (Å²) in [5.41, 5.74) is 1.38. The van der Waals surface area contributed by atoms with E-state index in [1.54, 1.807) is 0 Å². The van der Waals surface area contributed by atoms with E-state index in [0.717, 1.165) is 18.3 Å². The molecule has 2 N–H and O–H groups in total. The number of likely N-dealkylation sites (N-methyl/N-ethyl adjacent to an activating group) is 1. The van der Waals surface area contributed by atoms with Gasteiger partial charge in [-0.15, -0.1) is 11.8 Å². The standard InChI is InChI=1S/C14H22N2S/c1-3-17-13-8-4-11(5-9-13)14(15-2)10-16-12-6-7-12/h4-5,8-9,12,14-16H,3,6-7,10H2,1-2H3. The highest BCUT2D eigenvalue weighted by molar-refractivity contribution is 7.99. The van der Waals surface area contributed by atoms with Gasteiger partial charge in [-0.3, -0.25) is 0 Å². The molecule has 17 heavy (non-hydrogen) atoms. The highest BCUT2D eigenvalue weighted by Crippen LogP contribution is 2.22. The molecule has 0 spiro atoms. The van der Waals surface area contributed by atoms with E-state index in [0.29, 0.717) is 6.04 Å². The molecule has 1 aromatic carbocycles. The van der Waals surface area contributed by atoms with E-state index in [2.05, 4.69) is 41.8 Å². The van der Waals surface area contributed by atoms with Crippen LogP contribution < -0.4 is 10.6 Å². The lowest BCUT2D eigenvalue weighted by Gasteiger charge is -2.17. The third-order valence-corrected chi connectivity index (χ3v) is 4.02. The maximum Gasteiger partial charge on any atom is 0.0444 e. The Bertz CT molecular complexity index is 333. The average molecular weight is 250 g/mol. The lowest BCUT2D eigenvalue weighted by atomic mass is 10.1. The highest BCUT2D eigenvalue weighted by Gasteiger charge is 2.21. The van der Waals surface area contributed by atoms with Gasteiger partial charge in [0.1, 0.15) is 0 Å². The van der Waals surface area contributed by atoms with Gasteiger partial charge in [-0.25, -0.2) is 0 Å². The zero-order valence-corrected chi connectivity index (χ0v) is 11.5. The molecule has 1 atom stereocenters. The van der Waals surface area contributed by atoms with Crippen molar-refractivity contribution in [3.8, 4) is 0 Å². The molecule has 1 saturated carbocycles. The van der Waals surface area contributed by atoms with Gasteiger partial charge in [0.15, 0.2) is 0 Å². The van der Waals surface area contributed by atoms with Gasteiger partial charge in [-0.2, -0.15) is 0 Å². The van der Waals surface area contributed by atoms with E-state index in [1.807, 2.05) is 18.8 Å². The van der Waals surface area contributed by atoms with Crippen molar-refractivity contribution < 1.29 is 0 Å². The molecule has 2 nitrogen and oxygen atoms in total. The van der Waals surface area contributed by atoms with Crippen LogP contribution in [0.5, 0.6) is 0 Å². The maximum atomic E-state index is 3.58. The molecular formula is C14H22N2S. The fourth-order valence-electron chi connectivity index (χ4n) is 1.92. The molecule has 3 heteroatoms. The minimum atomic E-state index is 0.427. The molecule has 0 amide bonds. The number of benzene rings is 1. The van der Waals surface area contributed by atoms with Crippen LogP contribution in [0.1, 0.15) is 31.4 Å². The first-order valence-electron chi connectivity index (χ1n) is 6.47. The molecule has 0 heterocycles. The Morgan fingerprint density at radius 1 is 1.29 bits per heavy atom. The quantitative estimate of drug-likeness (QED) is 0.728. The predicted molar refractivity (Wildman–Crippen MR) is 75.7 cm³/mol. The second kappa shape index (κ2) is 6.43. The molecule has 94 valence electrons. The zero-order valence-electron chi connectivity index (χ0n) is 10.7. The number of rotatable bonds is 7. The van der Waals surface area contributed by atoms with Crippen LogP contribution in [-0.2, 0) is 0 Å². The maximum absolute atomic E-state index is 3.58. The van der Waals surface area contributed by atoms with E-state index >= 15 is 0 Å². The molecule has 0 radical (unpaired) electrons. The second-order valence-corrected chi connectivity index (χ2v) is 5.86. The van der Waals surface area contributed by atoms with Crippen molar-refractivity contribution in [2.24, 2.45) is 0 Å². The van der Waals surface area contributed by atoms with Crippen molar-refractivity contribution in [2.75, 3.05) is 19.3 Å². The minimum absolute atomic E-state index is 0.427. The van der Waals surface area contributed by atoms with E-state index in [9.17, 15) is 0 Å². The molecule has 0 saturated heterocycles. The molecule has 0 aliphatic heterocycles. The number of nitrogens with one attached hydrogen (secondary N) is 2.